The van der Waals surface area contributed by atoms with Crippen molar-refractivity contribution in [2.75, 3.05) is 5.32 Å². The quantitative estimate of drug-likeness (QED) is 0.675. The van der Waals surface area contributed by atoms with Crippen LogP contribution in [0.3, 0.4) is 0 Å². The van der Waals surface area contributed by atoms with Gasteiger partial charge in [0.2, 0.25) is 0 Å². The first-order valence-corrected chi connectivity index (χ1v) is 6.44. The van der Waals surface area contributed by atoms with Gasteiger partial charge in [0.05, 0.1) is 10.5 Å². The summed E-state index contributed by atoms with van der Waals surface area (Å²) in [5, 5.41) is 4.39. The van der Waals surface area contributed by atoms with Gasteiger partial charge in [-0.25, -0.2) is 4.39 Å². The van der Waals surface area contributed by atoms with Crippen molar-refractivity contribution in [3.8, 4) is 0 Å². The summed E-state index contributed by atoms with van der Waals surface area (Å²) in [6.45, 7) is 0. The van der Waals surface area contributed by atoms with Gasteiger partial charge in [0.15, 0.2) is 5.78 Å². The predicted molar refractivity (Wildman–Crippen MR) is 71.7 cm³/mol. The summed E-state index contributed by atoms with van der Waals surface area (Å²) in [5.74, 6) is -1.08. The van der Waals surface area contributed by atoms with Crippen molar-refractivity contribution < 1.29 is 14.0 Å². The lowest BCUT2D eigenvalue weighted by Gasteiger charge is -1.97. The SMILES string of the molecule is O=C1Nc2ccc(F)cc2/C1=C\C(=O)c1cccs1. The zero-order valence-corrected chi connectivity index (χ0v) is 10.5. The van der Waals surface area contributed by atoms with Gasteiger partial charge in [-0.1, -0.05) is 6.07 Å². The number of hydrogen-bond donors (Lipinski definition) is 1. The Labute approximate surface area is 112 Å². The fourth-order valence-electron chi connectivity index (χ4n) is 1.92. The van der Waals surface area contributed by atoms with Gasteiger partial charge >= 0.3 is 0 Å². The first kappa shape index (κ1) is 11.8. The maximum Gasteiger partial charge on any atom is 0.256 e. The molecule has 2 aromatic rings. The van der Waals surface area contributed by atoms with E-state index in [0.717, 1.165) is 0 Å². The molecule has 1 amide bonds. The standard InChI is InChI=1S/C14H8FNO2S/c15-8-3-4-11-9(6-8)10(14(18)16-11)7-12(17)13-2-1-5-19-13/h1-7H,(H,16,18)/b10-7+. The monoisotopic (exact) mass is 273 g/mol. The maximum absolute atomic E-state index is 13.2. The second-order valence-corrected chi connectivity index (χ2v) is 4.99. The molecule has 94 valence electrons. The molecular formula is C14H8FNO2S. The van der Waals surface area contributed by atoms with Crippen LogP contribution >= 0.6 is 11.3 Å². The lowest BCUT2D eigenvalue weighted by atomic mass is 10.1. The molecule has 5 heteroatoms. The summed E-state index contributed by atoms with van der Waals surface area (Å²) >= 11 is 1.30. The zero-order valence-electron chi connectivity index (χ0n) is 9.64. The van der Waals surface area contributed by atoms with Crippen molar-refractivity contribution in [3.63, 3.8) is 0 Å². The van der Waals surface area contributed by atoms with Crippen LogP contribution < -0.4 is 5.32 Å². The first-order valence-electron chi connectivity index (χ1n) is 5.56. The topological polar surface area (TPSA) is 46.2 Å². The molecule has 0 radical (unpaired) electrons. The van der Waals surface area contributed by atoms with E-state index >= 15 is 0 Å². The zero-order chi connectivity index (χ0) is 13.4. The van der Waals surface area contributed by atoms with Crippen LogP contribution in [0.25, 0.3) is 5.57 Å². The molecule has 1 aromatic heterocycles. The molecule has 3 rings (SSSR count). The van der Waals surface area contributed by atoms with Crippen molar-refractivity contribution >= 4 is 34.3 Å². The number of rotatable bonds is 2. The fourth-order valence-corrected chi connectivity index (χ4v) is 2.56. The van der Waals surface area contributed by atoms with E-state index in [9.17, 15) is 14.0 Å². The minimum atomic E-state index is -0.440. The van der Waals surface area contributed by atoms with Crippen LogP contribution in [-0.2, 0) is 4.79 Å². The normalized spacial score (nSPS) is 15.4. The molecule has 0 aliphatic carbocycles. The van der Waals surface area contributed by atoms with Crippen LogP contribution in [0.15, 0.2) is 41.8 Å². The molecule has 1 N–H and O–H groups in total. The number of anilines is 1. The van der Waals surface area contributed by atoms with Gasteiger partial charge in [-0.05, 0) is 29.6 Å². The Kier molecular flexibility index (Phi) is 2.76. The van der Waals surface area contributed by atoms with Crippen LogP contribution in [0.2, 0.25) is 0 Å². The smallest absolute Gasteiger partial charge is 0.256 e. The molecule has 2 heterocycles. The number of nitrogens with one attached hydrogen (secondary N) is 1. The number of carbonyl (C=O) groups is 2. The largest absolute Gasteiger partial charge is 0.321 e. The van der Waals surface area contributed by atoms with E-state index < -0.39 is 5.82 Å². The summed E-state index contributed by atoms with van der Waals surface area (Å²) in [6, 6.07) is 7.45. The van der Waals surface area contributed by atoms with Crippen LogP contribution in [0.5, 0.6) is 0 Å². The van der Waals surface area contributed by atoms with E-state index in [4.69, 9.17) is 0 Å². The molecular weight excluding hydrogens is 265 g/mol. The molecule has 0 atom stereocenters. The van der Waals surface area contributed by atoms with E-state index in [0.29, 0.717) is 16.1 Å². The van der Waals surface area contributed by atoms with Crippen molar-refractivity contribution in [1.82, 2.24) is 0 Å². The maximum atomic E-state index is 13.2. The number of benzene rings is 1. The Morgan fingerprint density at radius 2 is 2.16 bits per heavy atom. The summed E-state index contributed by atoms with van der Waals surface area (Å²) < 4.78 is 13.2. The van der Waals surface area contributed by atoms with Crippen molar-refractivity contribution in [2.45, 2.75) is 0 Å². The Morgan fingerprint density at radius 1 is 1.32 bits per heavy atom. The molecule has 0 bridgehead atoms. The van der Waals surface area contributed by atoms with Crippen molar-refractivity contribution in [3.05, 3.63) is 58.0 Å². The van der Waals surface area contributed by atoms with Crippen LogP contribution in [0.1, 0.15) is 15.2 Å². The van der Waals surface area contributed by atoms with Crippen LogP contribution in [0, 0.1) is 5.82 Å². The Balaban J connectivity index is 2.04. The summed E-state index contributed by atoms with van der Waals surface area (Å²) in [5.41, 5.74) is 1.15. The Bertz CT molecular complexity index is 704. The van der Waals surface area contributed by atoms with Gasteiger partial charge in [0, 0.05) is 17.3 Å². The molecule has 1 aromatic carbocycles. The van der Waals surface area contributed by atoms with E-state index in [1.54, 1.807) is 17.5 Å². The molecule has 1 aliphatic heterocycles. The average Bonchev–Trinajstić information content (AvgIpc) is 2.99. The van der Waals surface area contributed by atoms with E-state index in [1.165, 1.54) is 35.6 Å². The number of allylic oxidation sites excluding steroid dienone is 1. The van der Waals surface area contributed by atoms with E-state index in [1.807, 2.05) is 0 Å². The highest BCUT2D eigenvalue weighted by atomic mass is 32.1. The van der Waals surface area contributed by atoms with Crippen molar-refractivity contribution in [2.24, 2.45) is 0 Å². The van der Waals surface area contributed by atoms with Gasteiger partial charge in [0.25, 0.3) is 5.91 Å². The third-order valence-corrected chi connectivity index (χ3v) is 3.69. The first-order chi connectivity index (χ1) is 9.15. The number of hydrogen-bond acceptors (Lipinski definition) is 3. The van der Waals surface area contributed by atoms with Gasteiger partial charge in [0.1, 0.15) is 5.82 Å². The third-order valence-electron chi connectivity index (χ3n) is 2.80. The molecule has 0 saturated heterocycles. The van der Waals surface area contributed by atoms with Crippen LogP contribution in [-0.4, -0.2) is 11.7 Å². The highest BCUT2D eigenvalue weighted by Gasteiger charge is 2.25. The summed E-state index contributed by atoms with van der Waals surface area (Å²) in [6.07, 6.45) is 1.26. The second-order valence-electron chi connectivity index (χ2n) is 4.04. The average molecular weight is 273 g/mol. The predicted octanol–water partition coefficient (Wildman–Crippen LogP) is 3.11. The highest BCUT2D eigenvalue weighted by molar-refractivity contribution is 7.12. The molecule has 3 nitrogen and oxygen atoms in total. The minimum Gasteiger partial charge on any atom is -0.321 e. The molecule has 0 unspecified atom stereocenters. The molecule has 0 spiro atoms. The van der Waals surface area contributed by atoms with Crippen LogP contribution in [0.4, 0.5) is 10.1 Å². The third kappa shape index (κ3) is 2.08. The highest BCUT2D eigenvalue weighted by Crippen LogP contribution is 2.32. The number of amides is 1. The van der Waals surface area contributed by atoms with Gasteiger partial charge in [-0.3, -0.25) is 9.59 Å². The molecule has 19 heavy (non-hydrogen) atoms. The lowest BCUT2D eigenvalue weighted by Crippen LogP contribution is -2.05. The lowest BCUT2D eigenvalue weighted by molar-refractivity contribution is -0.110. The number of fused-ring (bicyclic) bond motifs is 1. The van der Waals surface area contributed by atoms with Gasteiger partial charge < -0.3 is 5.32 Å². The van der Waals surface area contributed by atoms with E-state index in [-0.39, 0.29) is 17.3 Å². The second kappa shape index (κ2) is 4.44. The van der Waals surface area contributed by atoms with Crippen molar-refractivity contribution in [1.29, 1.82) is 0 Å². The number of carbonyl (C=O) groups excluding carboxylic acids is 2. The summed E-state index contributed by atoms with van der Waals surface area (Å²) in [4.78, 5) is 24.3. The Morgan fingerprint density at radius 3 is 2.89 bits per heavy atom. The van der Waals surface area contributed by atoms with Gasteiger partial charge in [-0.2, -0.15) is 0 Å². The summed E-state index contributed by atoms with van der Waals surface area (Å²) in [7, 11) is 0. The van der Waals surface area contributed by atoms with E-state index in [2.05, 4.69) is 5.32 Å². The molecule has 1 aliphatic rings. The Hall–Kier alpha value is -2.27. The molecule has 0 saturated carbocycles. The van der Waals surface area contributed by atoms with Gasteiger partial charge in [-0.15, -0.1) is 11.3 Å². The number of halogens is 1. The fraction of sp³-hybridized carbons (Fsp3) is 0. The molecule has 0 fully saturated rings. The number of ketones is 1. The minimum absolute atomic E-state index is 0.202. The number of thiophene rings is 1.